The first-order valence-corrected chi connectivity index (χ1v) is 9.48. The van der Waals surface area contributed by atoms with Crippen molar-refractivity contribution in [1.29, 1.82) is 0 Å². The Balaban J connectivity index is 1.69. The van der Waals surface area contributed by atoms with Crippen molar-refractivity contribution in [3.63, 3.8) is 0 Å². The molecule has 0 atom stereocenters. The number of ether oxygens (including phenoxy) is 1. The molecule has 0 unspecified atom stereocenters. The van der Waals surface area contributed by atoms with E-state index in [0.29, 0.717) is 18.7 Å². The molecule has 7 heteroatoms. The van der Waals surface area contributed by atoms with Crippen molar-refractivity contribution in [3.8, 4) is 0 Å². The zero-order valence-electron chi connectivity index (χ0n) is 15.2. The number of nitrogens with zero attached hydrogens (tertiary/aromatic N) is 1. The van der Waals surface area contributed by atoms with E-state index in [4.69, 9.17) is 9.15 Å². The maximum Gasteiger partial charge on any atom is 0.410 e. The molecule has 26 heavy (non-hydrogen) atoms. The SMILES string of the molecule is CC(C)(C)OC(=O)N1CCC(Nc2cc(=O)oc3ccc(Br)cc23)CC1. The molecule has 1 N–H and O–H groups in total. The number of anilines is 1. The van der Waals surface area contributed by atoms with Crippen LogP contribution in [-0.4, -0.2) is 35.7 Å². The standard InChI is InChI=1S/C19H23BrN2O4/c1-19(2,3)26-18(24)22-8-6-13(7-9-22)21-15-11-17(23)25-16-5-4-12(20)10-14(15)16/h4-5,10-11,13,21H,6-9H2,1-3H3. The number of piperidine rings is 1. The Bertz CT molecular complexity index is 864. The smallest absolute Gasteiger partial charge is 0.410 e. The Morgan fingerprint density at radius 1 is 1.27 bits per heavy atom. The fourth-order valence-electron chi connectivity index (χ4n) is 3.01. The Kier molecular flexibility index (Phi) is 5.27. The van der Waals surface area contributed by atoms with Crippen LogP contribution >= 0.6 is 15.9 Å². The molecule has 0 radical (unpaired) electrons. The molecule has 2 aromatic rings. The lowest BCUT2D eigenvalue weighted by atomic mass is 10.0. The van der Waals surface area contributed by atoms with Crippen LogP contribution in [0.4, 0.5) is 10.5 Å². The minimum atomic E-state index is -0.490. The van der Waals surface area contributed by atoms with E-state index in [0.717, 1.165) is 28.4 Å². The average molecular weight is 423 g/mol. The maximum atomic E-state index is 12.2. The minimum Gasteiger partial charge on any atom is -0.444 e. The summed E-state index contributed by atoms with van der Waals surface area (Å²) in [6.07, 6.45) is 1.30. The normalized spacial score (nSPS) is 15.9. The van der Waals surface area contributed by atoms with Crippen LogP contribution in [0.3, 0.4) is 0 Å². The van der Waals surface area contributed by atoms with Gasteiger partial charge in [-0.3, -0.25) is 0 Å². The van der Waals surface area contributed by atoms with Gasteiger partial charge >= 0.3 is 11.7 Å². The summed E-state index contributed by atoms with van der Waals surface area (Å²) in [6.45, 7) is 6.83. The van der Waals surface area contributed by atoms with Crippen molar-refractivity contribution in [2.45, 2.75) is 45.3 Å². The zero-order valence-corrected chi connectivity index (χ0v) is 16.8. The lowest BCUT2D eigenvalue weighted by Crippen LogP contribution is -2.44. The first kappa shape index (κ1) is 18.8. The van der Waals surface area contributed by atoms with Gasteiger partial charge in [0.1, 0.15) is 11.2 Å². The van der Waals surface area contributed by atoms with Gasteiger partial charge in [-0.2, -0.15) is 0 Å². The summed E-state index contributed by atoms with van der Waals surface area (Å²) in [7, 11) is 0. The first-order chi connectivity index (χ1) is 12.2. The second kappa shape index (κ2) is 7.31. The summed E-state index contributed by atoms with van der Waals surface area (Å²) < 4.78 is 11.6. The summed E-state index contributed by atoms with van der Waals surface area (Å²) in [5.41, 5.74) is 0.437. The van der Waals surface area contributed by atoms with E-state index in [-0.39, 0.29) is 17.8 Å². The Hall–Kier alpha value is -2.02. The van der Waals surface area contributed by atoms with Crippen LogP contribution in [0.25, 0.3) is 11.0 Å². The summed E-state index contributed by atoms with van der Waals surface area (Å²) in [4.78, 5) is 25.7. The van der Waals surface area contributed by atoms with E-state index in [1.54, 1.807) is 11.0 Å². The molecule has 0 aliphatic carbocycles. The molecule has 1 aliphatic rings. The number of benzene rings is 1. The Morgan fingerprint density at radius 2 is 1.96 bits per heavy atom. The molecule has 1 amide bonds. The summed E-state index contributed by atoms with van der Waals surface area (Å²) in [5.74, 6) is 0. The topological polar surface area (TPSA) is 71.8 Å². The van der Waals surface area contributed by atoms with Gasteiger partial charge in [0.15, 0.2) is 0 Å². The third-order valence-corrected chi connectivity index (χ3v) is 4.70. The van der Waals surface area contributed by atoms with Gasteiger partial charge in [-0.1, -0.05) is 15.9 Å². The molecule has 1 saturated heterocycles. The lowest BCUT2D eigenvalue weighted by Gasteiger charge is -2.34. The van der Waals surface area contributed by atoms with E-state index in [1.807, 2.05) is 32.9 Å². The highest BCUT2D eigenvalue weighted by Gasteiger charge is 2.27. The van der Waals surface area contributed by atoms with Crippen molar-refractivity contribution < 1.29 is 13.9 Å². The second-order valence-corrected chi connectivity index (χ2v) is 8.42. The number of nitrogens with one attached hydrogen (secondary N) is 1. The molecule has 6 nitrogen and oxygen atoms in total. The molecule has 1 aromatic heterocycles. The first-order valence-electron chi connectivity index (χ1n) is 8.69. The van der Waals surface area contributed by atoms with Gasteiger partial charge in [-0.25, -0.2) is 9.59 Å². The van der Waals surface area contributed by atoms with Crippen molar-refractivity contribution in [2.24, 2.45) is 0 Å². The minimum absolute atomic E-state index is 0.178. The second-order valence-electron chi connectivity index (χ2n) is 7.51. The lowest BCUT2D eigenvalue weighted by molar-refractivity contribution is 0.0210. The quantitative estimate of drug-likeness (QED) is 0.727. The van der Waals surface area contributed by atoms with E-state index in [1.165, 1.54) is 6.07 Å². The highest BCUT2D eigenvalue weighted by Crippen LogP contribution is 2.27. The van der Waals surface area contributed by atoms with Gasteiger partial charge in [0.05, 0.1) is 5.69 Å². The van der Waals surface area contributed by atoms with Crippen LogP contribution in [0.5, 0.6) is 0 Å². The maximum absolute atomic E-state index is 12.2. The van der Waals surface area contributed by atoms with Gasteiger partial charge in [-0.05, 0) is 51.8 Å². The molecule has 3 rings (SSSR count). The van der Waals surface area contributed by atoms with Gasteiger partial charge in [0.25, 0.3) is 0 Å². The molecule has 0 bridgehead atoms. The van der Waals surface area contributed by atoms with Gasteiger partial charge in [0, 0.05) is 35.1 Å². The van der Waals surface area contributed by atoms with E-state index in [2.05, 4.69) is 21.2 Å². The molecule has 0 spiro atoms. The molecule has 1 fully saturated rings. The molecule has 1 aliphatic heterocycles. The number of carbonyl (C=O) groups excluding carboxylic acids is 1. The van der Waals surface area contributed by atoms with Crippen molar-refractivity contribution in [3.05, 3.63) is 39.2 Å². The number of halogens is 1. The van der Waals surface area contributed by atoms with Gasteiger partial charge in [0.2, 0.25) is 0 Å². The van der Waals surface area contributed by atoms with E-state index < -0.39 is 5.60 Å². The monoisotopic (exact) mass is 422 g/mol. The fraction of sp³-hybridized carbons (Fsp3) is 0.474. The Labute approximate surface area is 160 Å². The van der Waals surface area contributed by atoms with E-state index >= 15 is 0 Å². The molecular weight excluding hydrogens is 400 g/mol. The number of fused-ring (bicyclic) bond motifs is 1. The largest absolute Gasteiger partial charge is 0.444 e. The number of rotatable bonds is 2. The van der Waals surface area contributed by atoms with Crippen LogP contribution in [0, 0.1) is 0 Å². The predicted octanol–water partition coefficient (Wildman–Crippen LogP) is 4.37. The van der Waals surface area contributed by atoms with Crippen LogP contribution in [-0.2, 0) is 4.74 Å². The highest BCUT2D eigenvalue weighted by molar-refractivity contribution is 9.10. The third-order valence-electron chi connectivity index (χ3n) is 4.21. The number of amides is 1. The van der Waals surface area contributed by atoms with Crippen LogP contribution in [0.2, 0.25) is 0 Å². The summed E-state index contributed by atoms with van der Waals surface area (Å²) >= 11 is 3.45. The third kappa shape index (κ3) is 4.58. The van der Waals surface area contributed by atoms with Crippen molar-refractivity contribution >= 4 is 38.7 Å². The molecule has 1 aromatic carbocycles. The van der Waals surface area contributed by atoms with Crippen LogP contribution < -0.4 is 10.9 Å². The average Bonchev–Trinajstić information content (AvgIpc) is 2.54. The number of hydrogen-bond donors (Lipinski definition) is 1. The van der Waals surface area contributed by atoms with Crippen LogP contribution in [0.1, 0.15) is 33.6 Å². The number of likely N-dealkylation sites (tertiary alicyclic amines) is 1. The predicted molar refractivity (Wildman–Crippen MR) is 105 cm³/mol. The van der Waals surface area contributed by atoms with Crippen molar-refractivity contribution in [1.82, 2.24) is 4.90 Å². The zero-order chi connectivity index (χ0) is 18.9. The van der Waals surface area contributed by atoms with Crippen molar-refractivity contribution in [2.75, 3.05) is 18.4 Å². The van der Waals surface area contributed by atoms with Gasteiger partial charge in [-0.15, -0.1) is 0 Å². The molecule has 140 valence electrons. The van der Waals surface area contributed by atoms with Crippen LogP contribution in [0.15, 0.2) is 37.9 Å². The fourth-order valence-corrected chi connectivity index (χ4v) is 3.37. The van der Waals surface area contributed by atoms with E-state index in [9.17, 15) is 9.59 Å². The number of carbonyl (C=O) groups is 1. The molecular formula is C19H23BrN2O4. The summed E-state index contributed by atoms with van der Waals surface area (Å²) in [5, 5.41) is 4.30. The van der Waals surface area contributed by atoms with Gasteiger partial charge < -0.3 is 19.4 Å². The number of hydrogen-bond acceptors (Lipinski definition) is 5. The molecule has 0 saturated carbocycles. The molecule has 2 heterocycles. The summed E-state index contributed by atoms with van der Waals surface area (Å²) in [6, 6.07) is 7.20. The Morgan fingerprint density at radius 3 is 2.62 bits per heavy atom. The highest BCUT2D eigenvalue weighted by atomic mass is 79.9.